The average molecular weight is 473 g/mol. The highest BCUT2D eigenvalue weighted by Crippen LogP contribution is 2.33. The van der Waals surface area contributed by atoms with Crippen LogP contribution in [-0.4, -0.2) is 42.4 Å². The van der Waals surface area contributed by atoms with Gasteiger partial charge in [0.1, 0.15) is 11.9 Å². The summed E-state index contributed by atoms with van der Waals surface area (Å²) in [5, 5.41) is 3.19. The molecule has 1 aliphatic carbocycles. The zero-order chi connectivity index (χ0) is 23.6. The molecule has 2 aromatic rings. The van der Waals surface area contributed by atoms with Crippen LogP contribution in [0.15, 0.2) is 48.5 Å². The Kier molecular flexibility index (Phi) is 9.43. The maximum atomic E-state index is 13.7. The highest BCUT2D eigenvalue weighted by Gasteiger charge is 2.33. The van der Waals surface area contributed by atoms with Crippen molar-refractivity contribution in [3.8, 4) is 11.5 Å². The van der Waals surface area contributed by atoms with Crippen LogP contribution >= 0.6 is 11.6 Å². The number of ether oxygens (including phenoxy) is 2. The summed E-state index contributed by atoms with van der Waals surface area (Å²) in [7, 11) is 1.56. The van der Waals surface area contributed by atoms with E-state index in [0.717, 1.165) is 31.2 Å². The molecule has 0 aliphatic heterocycles. The van der Waals surface area contributed by atoms with Crippen molar-refractivity contribution >= 4 is 23.4 Å². The fraction of sp³-hybridized carbons (Fsp3) is 0.462. The Bertz CT molecular complexity index is 916. The van der Waals surface area contributed by atoms with Gasteiger partial charge in [0.05, 0.1) is 13.7 Å². The van der Waals surface area contributed by atoms with E-state index in [-0.39, 0.29) is 30.3 Å². The summed E-state index contributed by atoms with van der Waals surface area (Å²) in [5.74, 6) is 0.379. The second-order valence-corrected chi connectivity index (χ2v) is 8.50. The van der Waals surface area contributed by atoms with Gasteiger partial charge in [-0.05, 0) is 43.0 Å². The first-order chi connectivity index (χ1) is 16.1. The van der Waals surface area contributed by atoms with E-state index in [1.54, 1.807) is 24.1 Å². The molecule has 1 unspecified atom stereocenters. The van der Waals surface area contributed by atoms with Gasteiger partial charge in [0.25, 0.3) is 0 Å². The van der Waals surface area contributed by atoms with Gasteiger partial charge in [-0.3, -0.25) is 9.59 Å². The standard InChI is InChI=1S/C26H33ClN2O4/c1-3-33-22-15-14-20(16-23(22)32-2)25(26(31)28-21-12-8-5-9-13-21)29(24(30)17-27)18-19-10-6-4-7-11-19/h4,6-7,10-11,14-16,21,25H,3,5,8-9,12-13,17-18H2,1-2H3,(H,28,31). The van der Waals surface area contributed by atoms with Crippen molar-refractivity contribution in [1.82, 2.24) is 10.2 Å². The van der Waals surface area contributed by atoms with Crippen molar-refractivity contribution in [2.75, 3.05) is 19.6 Å². The van der Waals surface area contributed by atoms with Crippen LogP contribution in [0.25, 0.3) is 0 Å². The molecule has 7 heteroatoms. The summed E-state index contributed by atoms with van der Waals surface area (Å²) in [5.41, 5.74) is 1.57. The summed E-state index contributed by atoms with van der Waals surface area (Å²) < 4.78 is 11.2. The summed E-state index contributed by atoms with van der Waals surface area (Å²) in [4.78, 5) is 28.2. The number of carbonyl (C=O) groups excluding carboxylic acids is 2. The normalized spacial score (nSPS) is 14.9. The number of hydrogen-bond acceptors (Lipinski definition) is 4. The molecule has 1 N–H and O–H groups in total. The molecule has 1 atom stereocenters. The molecule has 178 valence electrons. The van der Waals surface area contributed by atoms with Gasteiger partial charge in [0, 0.05) is 12.6 Å². The molecule has 33 heavy (non-hydrogen) atoms. The fourth-order valence-electron chi connectivity index (χ4n) is 4.31. The van der Waals surface area contributed by atoms with E-state index >= 15 is 0 Å². The first-order valence-corrected chi connectivity index (χ1v) is 12.1. The predicted molar refractivity (Wildman–Crippen MR) is 130 cm³/mol. The number of rotatable bonds is 10. The number of hydrogen-bond donors (Lipinski definition) is 1. The van der Waals surface area contributed by atoms with Crippen molar-refractivity contribution < 1.29 is 19.1 Å². The van der Waals surface area contributed by atoms with Crippen LogP contribution in [0, 0.1) is 0 Å². The molecule has 0 spiro atoms. The van der Waals surface area contributed by atoms with Crippen LogP contribution in [0.2, 0.25) is 0 Å². The molecule has 1 fully saturated rings. The zero-order valence-corrected chi connectivity index (χ0v) is 20.1. The molecule has 2 aromatic carbocycles. The number of nitrogens with one attached hydrogen (secondary N) is 1. The van der Waals surface area contributed by atoms with E-state index in [0.29, 0.717) is 23.7 Å². The van der Waals surface area contributed by atoms with E-state index in [2.05, 4.69) is 5.32 Å². The molecular weight excluding hydrogens is 440 g/mol. The lowest BCUT2D eigenvalue weighted by molar-refractivity contribution is -0.140. The van der Waals surface area contributed by atoms with Crippen LogP contribution in [-0.2, 0) is 16.1 Å². The summed E-state index contributed by atoms with van der Waals surface area (Å²) in [6, 6.07) is 14.3. The second-order valence-electron chi connectivity index (χ2n) is 8.23. The highest BCUT2D eigenvalue weighted by atomic mass is 35.5. The summed E-state index contributed by atoms with van der Waals surface area (Å²) in [6.07, 6.45) is 5.29. The fourth-order valence-corrected chi connectivity index (χ4v) is 4.46. The SMILES string of the molecule is CCOc1ccc(C(C(=O)NC2CCCCC2)N(Cc2ccccc2)C(=O)CCl)cc1OC. The summed E-state index contributed by atoms with van der Waals surface area (Å²) in [6.45, 7) is 2.66. The lowest BCUT2D eigenvalue weighted by atomic mass is 9.94. The monoisotopic (exact) mass is 472 g/mol. The van der Waals surface area contributed by atoms with Gasteiger partial charge in [0.2, 0.25) is 11.8 Å². The zero-order valence-electron chi connectivity index (χ0n) is 19.4. The van der Waals surface area contributed by atoms with Crippen molar-refractivity contribution in [1.29, 1.82) is 0 Å². The van der Waals surface area contributed by atoms with Gasteiger partial charge >= 0.3 is 0 Å². The number of alkyl halides is 1. The van der Waals surface area contributed by atoms with Crippen molar-refractivity contribution in [2.24, 2.45) is 0 Å². The second kappa shape index (κ2) is 12.5. The molecular formula is C26H33ClN2O4. The number of methoxy groups -OCH3 is 1. The number of benzene rings is 2. The van der Waals surface area contributed by atoms with Crippen LogP contribution in [0.4, 0.5) is 0 Å². The van der Waals surface area contributed by atoms with Gasteiger partial charge in [-0.15, -0.1) is 11.6 Å². The van der Waals surface area contributed by atoms with Crippen molar-refractivity contribution in [2.45, 2.75) is 57.7 Å². The van der Waals surface area contributed by atoms with Gasteiger partial charge in [-0.2, -0.15) is 0 Å². The quantitative estimate of drug-likeness (QED) is 0.502. The van der Waals surface area contributed by atoms with Gasteiger partial charge < -0.3 is 19.7 Å². The first-order valence-electron chi connectivity index (χ1n) is 11.6. The van der Waals surface area contributed by atoms with E-state index < -0.39 is 6.04 Å². The minimum absolute atomic E-state index is 0.114. The van der Waals surface area contributed by atoms with Crippen molar-refractivity contribution in [3.63, 3.8) is 0 Å². The minimum Gasteiger partial charge on any atom is -0.493 e. The maximum absolute atomic E-state index is 13.7. The Balaban J connectivity index is 2.00. The minimum atomic E-state index is -0.844. The third-order valence-corrected chi connectivity index (χ3v) is 6.17. The molecule has 0 saturated heterocycles. The number of amides is 2. The average Bonchev–Trinajstić information content (AvgIpc) is 2.85. The van der Waals surface area contributed by atoms with E-state index in [1.165, 1.54) is 6.42 Å². The van der Waals surface area contributed by atoms with Gasteiger partial charge in [0.15, 0.2) is 11.5 Å². The van der Waals surface area contributed by atoms with E-state index in [9.17, 15) is 9.59 Å². The molecule has 0 radical (unpaired) electrons. The molecule has 1 aliphatic rings. The first kappa shape index (κ1) is 24.9. The Morgan fingerprint density at radius 1 is 1.09 bits per heavy atom. The molecule has 0 heterocycles. The molecule has 0 bridgehead atoms. The highest BCUT2D eigenvalue weighted by molar-refractivity contribution is 6.27. The third kappa shape index (κ3) is 6.64. The largest absolute Gasteiger partial charge is 0.493 e. The Labute approximate surface area is 201 Å². The van der Waals surface area contributed by atoms with Crippen LogP contribution in [0.5, 0.6) is 11.5 Å². The Hall–Kier alpha value is -2.73. The Morgan fingerprint density at radius 2 is 1.82 bits per heavy atom. The topological polar surface area (TPSA) is 67.9 Å². The van der Waals surface area contributed by atoms with Gasteiger partial charge in [-0.25, -0.2) is 0 Å². The smallest absolute Gasteiger partial charge is 0.247 e. The maximum Gasteiger partial charge on any atom is 0.247 e. The summed E-state index contributed by atoms with van der Waals surface area (Å²) >= 11 is 6.00. The van der Waals surface area contributed by atoms with Crippen LogP contribution in [0.3, 0.4) is 0 Å². The van der Waals surface area contributed by atoms with E-state index in [4.69, 9.17) is 21.1 Å². The Morgan fingerprint density at radius 3 is 2.45 bits per heavy atom. The third-order valence-electron chi connectivity index (χ3n) is 5.95. The predicted octanol–water partition coefficient (Wildman–Crippen LogP) is 4.85. The van der Waals surface area contributed by atoms with Crippen LogP contribution < -0.4 is 14.8 Å². The van der Waals surface area contributed by atoms with Gasteiger partial charge in [-0.1, -0.05) is 55.7 Å². The number of halogens is 1. The van der Waals surface area contributed by atoms with Crippen molar-refractivity contribution in [3.05, 3.63) is 59.7 Å². The molecule has 3 rings (SSSR count). The lowest BCUT2D eigenvalue weighted by Crippen LogP contribution is -2.47. The molecule has 1 saturated carbocycles. The molecule has 2 amide bonds. The number of carbonyl (C=O) groups is 2. The molecule has 0 aromatic heterocycles. The van der Waals surface area contributed by atoms with Crippen LogP contribution in [0.1, 0.15) is 56.2 Å². The number of nitrogens with zero attached hydrogens (tertiary/aromatic N) is 1. The molecule has 6 nitrogen and oxygen atoms in total. The lowest BCUT2D eigenvalue weighted by Gasteiger charge is -2.33. The van der Waals surface area contributed by atoms with E-state index in [1.807, 2.05) is 43.3 Å².